The molecule has 0 spiro atoms. The molecule has 1 heterocycles. The molecule has 16 heavy (non-hydrogen) atoms. The van der Waals surface area contributed by atoms with Crippen LogP contribution in [0.25, 0.3) is 0 Å². The highest BCUT2D eigenvalue weighted by molar-refractivity contribution is 6.18. The summed E-state index contributed by atoms with van der Waals surface area (Å²) in [5.74, 6) is 2.33. The second-order valence-electron chi connectivity index (χ2n) is 5.23. The lowest BCUT2D eigenvalue weighted by atomic mass is 9.99. The fourth-order valence-corrected chi connectivity index (χ4v) is 2.29. The number of piperidine rings is 1. The summed E-state index contributed by atoms with van der Waals surface area (Å²) in [7, 11) is 0. The van der Waals surface area contributed by atoms with Gasteiger partial charge in [-0.05, 0) is 44.2 Å². The molecule has 0 aromatic rings. The molecule has 1 aliphatic rings. The second kappa shape index (κ2) is 8.32. The third kappa shape index (κ3) is 6.07. The van der Waals surface area contributed by atoms with Crippen molar-refractivity contribution in [1.82, 2.24) is 4.90 Å². The molecule has 1 saturated heterocycles. The minimum atomic E-state index is 0.750. The van der Waals surface area contributed by atoms with Crippen molar-refractivity contribution in [3.05, 3.63) is 0 Å². The van der Waals surface area contributed by atoms with Crippen molar-refractivity contribution in [2.24, 2.45) is 11.8 Å². The average molecular weight is 248 g/mol. The summed E-state index contributed by atoms with van der Waals surface area (Å²) in [5.41, 5.74) is 0. The molecule has 96 valence electrons. The standard InChI is InChI=1S/C13H26ClNO/c1-12(2)5-9-16-10-8-15-6-3-13(11-14)4-7-15/h12-13H,3-11H2,1-2H3. The van der Waals surface area contributed by atoms with E-state index in [1.807, 2.05) is 0 Å². The Morgan fingerprint density at radius 2 is 1.94 bits per heavy atom. The van der Waals surface area contributed by atoms with Crippen molar-refractivity contribution in [3.8, 4) is 0 Å². The number of hydrogen-bond acceptors (Lipinski definition) is 2. The summed E-state index contributed by atoms with van der Waals surface area (Å²) < 4.78 is 5.63. The molecule has 1 fully saturated rings. The summed E-state index contributed by atoms with van der Waals surface area (Å²) in [4.78, 5) is 2.50. The Morgan fingerprint density at radius 3 is 2.50 bits per heavy atom. The van der Waals surface area contributed by atoms with Crippen LogP contribution < -0.4 is 0 Å². The number of nitrogens with zero attached hydrogens (tertiary/aromatic N) is 1. The lowest BCUT2D eigenvalue weighted by molar-refractivity contribution is 0.0843. The molecule has 0 atom stereocenters. The first-order valence-electron chi connectivity index (χ1n) is 6.58. The van der Waals surface area contributed by atoms with Crippen molar-refractivity contribution in [3.63, 3.8) is 0 Å². The van der Waals surface area contributed by atoms with Gasteiger partial charge in [0, 0.05) is 19.0 Å². The van der Waals surface area contributed by atoms with E-state index in [1.54, 1.807) is 0 Å². The first-order valence-corrected chi connectivity index (χ1v) is 7.12. The molecule has 0 N–H and O–H groups in total. The number of halogens is 1. The SMILES string of the molecule is CC(C)CCOCCN1CCC(CCl)CC1. The average Bonchev–Trinajstić information content (AvgIpc) is 2.29. The Morgan fingerprint density at radius 1 is 1.25 bits per heavy atom. The summed E-state index contributed by atoms with van der Waals surface area (Å²) in [6.07, 6.45) is 3.69. The van der Waals surface area contributed by atoms with Gasteiger partial charge in [0.05, 0.1) is 6.61 Å². The fraction of sp³-hybridized carbons (Fsp3) is 1.00. The zero-order valence-electron chi connectivity index (χ0n) is 10.8. The van der Waals surface area contributed by atoms with Crippen LogP contribution in [0.2, 0.25) is 0 Å². The van der Waals surface area contributed by atoms with Crippen LogP contribution in [0.15, 0.2) is 0 Å². The van der Waals surface area contributed by atoms with Crippen molar-refractivity contribution in [2.45, 2.75) is 33.1 Å². The Labute approximate surface area is 105 Å². The van der Waals surface area contributed by atoms with Gasteiger partial charge in [-0.2, -0.15) is 0 Å². The Balaban J connectivity index is 1.94. The molecular weight excluding hydrogens is 222 g/mol. The molecule has 1 aliphatic heterocycles. The van der Waals surface area contributed by atoms with Crippen LogP contribution in [-0.4, -0.2) is 43.6 Å². The van der Waals surface area contributed by atoms with Crippen LogP contribution in [0.3, 0.4) is 0 Å². The molecule has 2 nitrogen and oxygen atoms in total. The van der Waals surface area contributed by atoms with Crippen molar-refractivity contribution >= 4 is 11.6 Å². The van der Waals surface area contributed by atoms with E-state index in [-0.39, 0.29) is 0 Å². The largest absolute Gasteiger partial charge is 0.380 e. The lowest BCUT2D eigenvalue weighted by Crippen LogP contribution is -2.36. The van der Waals surface area contributed by atoms with Crippen molar-refractivity contribution in [2.75, 3.05) is 38.7 Å². The van der Waals surface area contributed by atoms with E-state index in [0.29, 0.717) is 0 Å². The fourth-order valence-electron chi connectivity index (χ4n) is 1.98. The normalized spacial score (nSPS) is 19.5. The van der Waals surface area contributed by atoms with E-state index in [9.17, 15) is 0 Å². The van der Waals surface area contributed by atoms with E-state index in [2.05, 4.69) is 18.7 Å². The van der Waals surface area contributed by atoms with Crippen LogP contribution in [0.4, 0.5) is 0 Å². The highest BCUT2D eigenvalue weighted by Gasteiger charge is 2.17. The molecule has 0 aromatic heterocycles. The number of likely N-dealkylation sites (tertiary alicyclic amines) is 1. The number of alkyl halides is 1. The minimum absolute atomic E-state index is 0.750. The van der Waals surface area contributed by atoms with Gasteiger partial charge in [0.25, 0.3) is 0 Å². The van der Waals surface area contributed by atoms with Gasteiger partial charge >= 0.3 is 0 Å². The second-order valence-corrected chi connectivity index (χ2v) is 5.54. The molecule has 0 unspecified atom stereocenters. The molecule has 0 aromatic carbocycles. The van der Waals surface area contributed by atoms with Crippen LogP contribution in [0.5, 0.6) is 0 Å². The topological polar surface area (TPSA) is 12.5 Å². The molecule has 0 aliphatic carbocycles. The molecule has 3 heteroatoms. The number of hydrogen-bond donors (Lipinski definition) is 0. The van der Waals surface area contributed by atoms with Crippen molar-refractivity contribution in [1.29, 1.82) is 0 Å². The Kier molecular flexibility index (Phi) is 7.42. The van der Waals surface area contributed by atoms with E-state index in [4.69, 9.17) is 16.3 Å². The van der Waals surface area contributed by atoms with E-state index >= 15 is 0 Å². The molecule has 0 bridgehead atoms. The van der Waals surface area contributed by atoms with Gasteiger partial charge in [0.15, 0.2) is 0 Å². The molecule has 0 radical (unpaired) electrons. The number of ether oxygens (including phenoxy) is 1. The molecule has 0 amide bonds. The monoisotopic (exact) mass is 247 g/mol. The van der Waals surface area contributed by atoms with Gasteiger partial charge in [-0.25, -0.2) is 0 Å². The Bertz CT molecular complexity index is 167. The summed E-state index contributed by atoms with van der Waals surface area (Å²) in [6, 6.07) is 0. The van der Waals surface area contributed by atoms with Gasteiger partial charge in [-0.1, -0.05) is 13.8 Å². The number of rotatable bonds is 7. The van der Waals surface area contributed by atoms with Crippen LogP contribution in [0.1, 0.15) is 33.1 Å². The smallest absolute Gasteiger partial charge is 0.0593 e. The lowest BCUT2D eigenvalue weighted by Gasteiger charge is -2.30. The van der Waals surface area contributed by atoms with Crippen LogP contribution in [-0.2, 0) is 4.74 Å². The molecule has 1 rings (SSSR count). The predicted molar refractivity (Wildman–Crippen MR) is 70.2 cm³/mol. The highest BCUT2D eigenvalue weighted by atomic mass is 35.5. The molecule has 0 saturated carbocycles. The maximum atomic E-state index is 5.86. The third-order valence-corrected chi connectivity index (χ3v) is 3.75. The summed E-state index contributed by atoms with van der Waals surface area (Å²) in [6.45, 7) is 9.76. The van der Waals surface area contributed by atoms with E-state index in [0.717, 1.165) is 37.5 Å². The molecular formula is C13H26ClNO. The first kappa shape index (κ1) is 14.3. The van der Waals surface area contributed by atoms with Crippen LogP contribution >= 0.6 is 11.6 Å². The minimum Gasteiger partial charge on any atom is -0.380 e. The van der Waals surface area contributed by atoms with Gasteiger partial charge in [-0.15, -0.1) is 11.6 Å². The summed E-state index contributed by atoms with van der Waals surface area (Å²) in [5, 5.41) is 0. The van der Waals surface area contributed by atoms with Gasteiger partial charge < -0.3 is 9.64 Å². The highest BCUT2D eigenvalue weighted by Crippen LogP contribution is 2.17. The van der Waals surface area contributed by atoms with E-state index in [1.165, 1.54) is 32.4 Å². The zero-order chi connectivity index (χ0) is 11.8. The van der Waals surface area contributed by atoms with Gasteiger partial charge in [-0.3, -0.25) is 0 Å². The third-order valence-electron chi connectivity index (χ3n) is 3.32. The van der Waals surface area contributed by atoms with E-state index < -0.39 is 0 Å². The summed E-state index contributed by atoms with van der Waals surface area (Å²) >= 11 is 5.86. The first-order chi connectivity index (χ1) is 7.72. The van der Waals surface area contributed by atoms with Gasteiger partial charge in [0.1, 0.15) is 0 Å². The maximum Gasteiger partial charge on any atom is 0.0593 e. The zero-order valence-corrected chi connectivity index (χ0v) is 11.5. The Hall–Kier alpha value is 0.210. The maximum absolute atomic E-state index is 5.86. The quantitative estimate of drug-likeness (QED) is 0.507. The van der Waals surface area contributed by atoms with Crippen LogP contribution in [0, 0.1) is 11.8 Å². The predicted octanol–water partition coefficient (Wildman–Crippen LogP) is 3.00. The van der Waals surface area contributed by atoms with Crippen molar-refractivity contribution < 1.29 is 4.74 Å². The van der Waals surface area contributed by atoms with Gasteiger partial charge in [0.2, 0.25) is 0 Å².